The van der Waals surface area contributed by atoms with Crippen LogP contribution in [-0.2, 0) is 0 Å². The number of para-hydroxylation sites is 1. The lowest BCUT2D eigenvalue weighted by molar-refractivity contribution is 0.0935. The van der Waals surface area contributed by atoms with Gasteiger partial charge in [0.25, 0.3) is 5.91 Å². The number of nitrogens with one attached hydrogen (secondary N) is 1. The Morgan fingerprint density at radius 3 is 2.45 bits per heavy atom. The Labute approximate surface area is 128 Å². The summed E-state index contributed by atoms with van der Waals surface area (Å²) in [5, 5.41) is 12.8. The van der Waals surface area contributed by atoms with Crippen LogP contribution in [0.25, 0.3) is 0 Å². The number of rotatable bonds is 5. The summed E-state index contributed by atoms with van der Waals surface area (Å²) in [4.78, 5) is 23.5. The van der Waals surface area contributed by atoms with Gasteiger partial charge in [-0.2, -0.15) is 0 Å². The van der Waals surface area contributed by atoms with Gasteiger partial charge in [-0.25, -0.2) is 0 Å². The van der Waals surface area contributed by atoms with E-state index in [0.29, 0.717) is 17.5 Å². The molecule has 0 radical (unpaired) electrons. The normalized spacial score (nSPS) is 11.7. The van der Waals surface area contributed by atoms with Crippen molar-refractivity contribution in [2.75, 3.05) is 0 Å². The number of phenolic OH excluding ortho intramolecular Hbond substituents is 1. The lowest BCUT2D eigenvalue weighted by Crippen LogP contribution is -2.28. The average molecular weight is 298 g/mol. The van der Waals surface area contributed by atoms with Crippen molar-refractivity contribution in [1.82, 2.24) is 5.32 Å². The van der Waals surface area contributed by atoms with E-state index in [2.05, 4.69) is 5.32 Å². The molecule has 2 amide bonds. The van der Waals surface area contributed by atoms with E-state index in [0.717, 1.165) is 0 Å². The standard InChI is InChI=1S/C17H18N2O3/c1-2-14(13-8-3-4-9-15(13)20)19-17(22)12-7-5-6-11(10-12)16(18)21/h3-10,14,20H,2H2,1H3,(H2,18,21)(H,19,22). The summed E-state index contributed by atoms with van der Waals surface area (Å²) in [6.07, 6.45) is 0.624. The Morgan fingerprint density at radius 2 is 1.82 bits per heavy atom. The van der Waals surface area contributed by atoms with Crippen LogP contribution in [0, 0.1) is 0 Å². The lowest BCUT2D eigenvalue weighted by atomic mass is 10.0. The van der Waals surface area contributed by atoms with Crippen molar-refractivity contribution in [2.45, 2.75) is 19.4 Å². The zero-order valence-electron chi connectivity index (χ0n) is 12.2. The smallest absolute Gasteiger partial charge is 0.251 e. The molecule has 0 aromatic heterocycles. The third-order valence-corrected chi connectivity index (χ3v) is 3.44. The molecule has 1 unspecified atom stereocenters. The zero-order valence-corrected chi connectivity index (χ0v) is 12.2. The molecule has 114 valence electrons. The number of nitrogens with two attached hydrogens (primary N) is 1. The van der Waals surface area contributed by atoms with E-state index in [9.17, 15) is 14.7 Å². The summed E-state index contributed by atoms with van der Waals surface area (Å²) in [6.45, 7) is 1.91. The number of hydrogen-bond donors (Lipinski definition) is 3. The van der Waals surface area contributed by atoms with Gasteiger partial charge in [-0.1, -0.05) is 31.2 Å². The first-order valence-electron chi connectivity index (χ1n) is 7.01. The molecular weight excluding hydrogens is 280 g/mol. The molecule has 4 N–H and O–H groups in total. The molecule has 5 nitrogen and oxygen atoms in total. The van der Waals surface area contributed by atoms with Crippen LogP contribution in [0.4, 0.5) is 0 Å². The molecule has 22 heavy (non-hydrogen) atoms. The summed E-state index contributed by atoms with van der Waals surface area (Å²) < 4.78 is 0. The van der Waals surface area contributed by atoms with E-state index >= 15 is 0 Å². The van der Waals surface area contributed by atoms with Crippen LogP contribution >= 0.6 is 0 Å². The Balaban J connectivity index is 2.21. The quantitative estimate of drug-likeness (QED) is 0.791. The molecule has 2 rings (SSSR count). The van der Waals surface area contributed by atoms with Crippen LogP contribution in [0.1, 0.15) is 45.7 Å². The van der Waals surface area contributed by atoms with Crippen LogP contribution in [0.5, 0.6) is 5.75 Å². The molecule has 1 atom stereocenters. The minimum absolute atomic E-state index is 0.139. The maximum absolute atomic E-state index is 12.3. The van der Waals surface area contributed by atoms with Gasteiger partial charge in [-0.3, -0.25) is 9.59 Å². The molecule has 0 aliphatic heterocycles. The zero-order chi connectivity index (χ0) is 16.1. The van der Waals surface area contributed by atoms with Crippen molar-refractivity contribution in [3.63, 3.8) is 0 Å². The molecule has 0 heterocycles. The van der Waals surface area contributed by atoms with E-state index < -0.39 is 5.91 Å². The molecular formula is C17H18N2O3. The van der Waals surface area contributed by atoms with Gasteiger partial charge in [0.1, 0.15) is 5.75 Å². The van der Waals surface area contributed by atoms with Crippen LogP contribution in [0.2, 0.25) is 0 Å². The van der Waals surface area contributed by atoms with E-state index in [4.69, 9.17) is 5.73 Å². The van der Waals surface area contributed by atoms with Crippen molar-refractivity contribution in [3.8, 4) is 5.75 Å². The molecule has 0 spiro atoms. The summed E-state index contributed by atoms with van der Waals surface area (Å²) in [5.41, 5.74) is 6.51. The molecule has 0 saturated carbocycles. The van der Waals surface area contributed by atoms with E-state index in [1.807, 2.05) is 6.92 Å². The fourth-order valence-electron chi connectivity index (χ4n) is 2.24. The minimum atomic E-state index is -0.581. The van der Waals surface area contributed by atoms with E-state index in [1.165, 1.54) is 6.07 Å². The third kappa shape index (κ3) is 3.44. The van der Waals surface area contributed by atoms with E-state index in [-0.39, 0.29) is 23.3 Å². The van der Waals surface area contributed by atoms with Gasteiger partial charge in [-0.15, -0.1) is 0 Å². The highest BCUT2D eigenvalue weighted by molar-refractivity contribution is 5.99. The fraction of sp³-hybridized carbons (Fsp3) is 0.176. The van der Waals surface area contributed by atoms with Gasteiger partial charge < -0.3 is 16.2 Å². The van der Waals surface area contributed by atoms with Gasteiger partial charge in [-0.05, 0) is 30.7 Å². The topological polar surface area (TPSA) is 92.4 Å². The minimum Gasteiger partial charge on any atom is -0.508 e. The molecule has 0 aliphatic carbocycles. The van der Waals surface area contributed by atoms with Crippen LogP contribution < -0.4 is 11.1 Å². The molecule has 0 fully saturated rings. The number of primary amides is 1. The first-order chi connectivity index (χ1) is 10.5. The van der Waals surface area contributed by atoms with Crippen molar-refractivity contribution in [2.24, 2.45) is 5.73 Å². The second kappa shape index (κ2) is 6.76. The number of hydrogen-bond acceptors (Lipinski definition) is 3. The average Bonchev–Trinajstić information content (AvgIpc) is 2.53. The fourth-order valence-corrected chi connectivity index (χ4v) is 2.24. The van der Waals surface area contributed by atoms with Crippen molar-refractivity contribution < 1.29 is 14.7 Å². The molecule has 0 saturated heterocycles. The first-order valence-corrected chi connectivity index (χ1v) is 7.01. The van der Waals surface area contributed by atoms with Crippen molar-refractivity contribution in [1.29, 1.82) is 0 Å². The summed E-state index contributed by atoms with van der Waals surface area (Å²) in [6, 6.07) is 12.8. The third-order valence-electron chi connectivity index (χ3n) is 3.44. The second-order valence-electron chi connectivity index (χ2n) is 4.94. The predicted molar refractivity (Wildman–Crippen MR) is 83.6 cm³/mol. The Bertz CT molecular complexity index is 698. The Morgan fingerprint density at radius 1 is 1.14 bits per heavy atom. The van der Waals surface area contributed by atoms with Crippen LogP contribution in [0.15, 0.2) is 48.5 Å². The lowest BCUT2D eigenvalue weighted by Gasteiger charge is -2.18. The maximum atomic E-state index is 12.3. The largest absolute Gasteiger partial charge is 0.508 e. The summed E-state index contributed by atoms with van der Waals surface area (Å²) in [7, 11) is 0. The molecule has 2 aromatic rings. The van der Waals surface area contributed by atoms with Gasteiger partial charge in [0.05, 0.1) is 6.04 Å². The highest BCUT2D eigenvalue weighted by Gasteiger charge is 2.17. The SMILES string of the molecule is CCC(NC(=O)c1cccc(C(N)=O)c1)c1ccccc1O. The second-order valence-corrected chi connectivity index (χ2v) is 4.94. The van der Waals surface area contributed by atoms with Gasteiger partial charge in [0.2, 0.25) is 5.91 Å². The highest BCUT2D eigenvalue weighted by atomic mass is 16.3. The summed E-state index contributed by atoms with van der Waals surface area (Å²) >= 11 is 0. The molecule has 0 aliphatic rings. The Kier molecular flexibility index (Phi) is 4.78. The van der Waals surface area contributed by atoms with Crippen LogP contribution in [-0.4, -0.2) is 16.9 Å². The first kappa shape index (κ1) is 15.6. The number of benzene rings is 2. The molecule has 5 heteroatoms. The van der Waals surface area contributed by atoms with Gasteiger partial charge in [0.15, 0.2) is 0 Å². The highest BCUT2D eigenvalue weighted by Crippen LogP contribution is 2.26. The number of carbonyl (C=O) groups is 2. The van der Waals surface area contributed by atoms with Crippen molar-refractivity contribution in [3.05, 3.63) is 65.2 Å². The monoisotopic (exact) mass is 298 g/mol. The number of phenols is 1. The van der Waals surface area contributed by atoms with Crippen molar-refractivity contribution >= 4 is 11.8 Å². The molecule has 0 bridgehead atoms. The van der Waals surface area contributed by atoms with E-state index in [1.54, 1.807) is 42.5 Å². The Hall–Kier alpha value is -2.82. The predicted octanol–water partition coefficient (Wildman–Crippen LogP) is 2.37. The van der Waals surface area contributed by atoms with Gasteiger partial charge in [0, 0.05) is 16.7 Å². The van der Waals surface area contributed by atoms with Crippen LogP contribution in [0.3, 0.4) is 0 Å². The summed E-state index contributed by atoms with van der Waals surface area (Å²) in [5.74, 6) is -0.763. The number of aromatic hydroxyl groups is 1. The number of carbonyl (C=O) groups excluding carboxylic acids is 2. The maximum Gasteiger partial charge on any atom is 0.251 e. The van der Waals surface area contributed by atoms with Gasteiger partial charge >= 0.3 is 0 Å². The molecule has 2 aromatic carbocycles. The number of amides is 2.